The third kappa shape index (κ3) is 12.0. The molecule has 4 unspecified atom stereocenters. The first-order valence-corrected chi connectivity index (χ1v) is 17.0. The van der Waals surface area contributed by atoms with Crippen molar-refractivity contribution >= 4 is 86.2 Å². The number of methoxy groups -OCH3 is 1. The van der Waals surface area contributed by atoms with Crippen LogP contribution in [0, 0.1) is 6.92 Å². The van der Waals surface area contributed by atoms with Crippen LogP contribution in [0.5, 0.6) is 5.75 Å². The lowest BCUT2D eigenvalue weighted by Gasteiger charge is -2.36. The first-order chi connectivity index (χ1) is 22.9. The number of anilines is 1. The monoisotopic (exact) mass is 786 g/mol. The average molecular weight is 789 g/mol. The second-order valence-electron chi connectivity index (χ2n) is 10.5. The summed E-state index contributed by atoms with van der Waals surface area (Å²) in [7, 11) is 1.53. The fourth-order valence-electron chi connectivity index (χ4n) is 4.64. The predicted octanol–water partition coefficient (Wildman–Crippen LogP) is 3.63. The standard InChI is InChI=1S/C31H37BrCl2N6O7S/c1-17-3-8-22(21(32)13-17)39-29(48)40-23-15-19(28(42)38-24(27(35)41)14-18-4-6-20(45-2)7-5-18)16-25(46-30(43)36-11-9-33)26(23)47-31(44)37-12-10-34/h3-8,13,15,23-26H,9-12,14,16H2,1-2H3,(H2,35,41)(H,36,43)(H,37,44)(H,38,42)(H2,39,40,48). The van der Waals surface area contributed by atoms with Gasteiger partial charge in [0.15, 0.2) is 11.2 Å². The zero-order chi connectivity index (χ0) is 35.2. The molecule has 0 saturated carbocycles. The molecule has 1 aliphatic rings. The Hall–Kier alpha value is -3.79. The van der Waals surface area contributed by atoms with E-state index < -0.39 is 48.3 Å². The summed E-state index contributed by atoms with van der Waals surface area (Å²) in [6, 6.07) is 10.5. The van der Waals surface area contributed by atoms with Crippen molar-refractivity contribution in [2.24, 2.45) is 5.73 Å². The molecule has 0 radical (unpaired) electrons. The van der Waals surface area contributed by atoms with Crippen LogP contribution >= 0.6 is 51.3 Å². The van der Waals surface area contributed by atoms with Gasteiger partial charge in [0, 0.05) is 47.7 Å². The molecule has 48 heavy (non-hydrogen) atoms. The number of nitrogens with one attached hydrogen (secondary N) is 5. The van der Waals surface area contributed by atoms with Gasteiger partial charge in [0.25, 0.3) is 0 Å². The fourth-order valence-corrected chi connectivity index (χ4v) is 5.67. The number of alkyl carbamates (subject to hydrolysis) is 2. The summed E-state index contributed by atoms with van der Waals surface area (Å²) < 4.78 is 17.3. The van der Waals surface area contributed by atoms with Crippen molar-refractivity contribution < 1.29 is 33.4 Å². The van der Waals surface area contributed by atoms with Gasteiger partial charge in [-0.05, 0) is 76.5 Å². The first kappa shape index (κ1) is 38.7. The molecule has 3 rings (SSSR count). The molecule has 13 nitrogen and oxygen atoms in total. The van der Waals surface area contributed by atoms with Crippen molar-refractivity contribution in [1.82, 2.24) is 21.3 Å². The molecular formula is C31H37BrCl2N6O7S. The molecule has 4 atom stereocenters. The van der Waals surface area contributed by atoms with E-state index in [1.54, 1.807) is 24.3 Å². The van der Waals surface area contributed by atoms with Crippen LogP contribution in [0.15, 0.2) is 58.6 Å². The summed E-state index contributed by atoms with van der Waals surface area (Å²) in [5, 5.41) is 13.9. The first-order valence-electron chi connectivity index (χ1n) is 14.7. The van der Waals surface area contributed by atoms with Crippen molar-refractivity contribution in [2.75, 3.05) is 37.3 Å². The summed E-state index contributed by atoms with van der Waals surface area (Å²) in [5.74, 6) is -0.539. The van der Waals surface area contributed by atoms with E-state index in [0.29, 0.717) is 11.4 Å². The molecule has 7 N–H and O–H groups in total. The number of hydrogen-bond donors (Lipinski definition) is 6. The maximum absolute atomic E-state index is 13.7. The number of carbonyl (C=O) groups is 4. The zero-order valence-corrected chi connectivity index (χ0v) is 30.1. The topological polar surface area (TPSA) is 182 Å². The summed E-state index contributed by atoms with van der Waals surface area (Å²) in [6.45, 7) is 2.15. The summed E-state index contributed by atoms with van der Waals surface area (Å²) in [5.41, 5.74) is 8.16. The number of aryl methyl sites for hydroxylation is 1. The molecule has 2 aromatic carbocycles. The largest absolute Gasteiger partial charge is 0.497 e. The van der Waals surface area contributed by atoms with Crippen molar-refractivity contribution in [1.29, 1.82) is 0 Å². The van der Waals surface area contributed by atoms with Gasteiger partial charge in [-0.15, -0.1) is 23.2 Å². The van der Waals surface area contributed by atoms with E-state index in [-0.39, 0.29) is 48.4 Å². The van der Waals surface area contributed by atoms with E-state index in [1.165, 1.54) is 13.2 Å². The fraction of sp³-hybridized carbons (Fsp3) is 0.387. The number of alkyl halides is 2. The molecule has 1 aliphatic carbocycles. The van der Waals surface area contributed by atoms with Gasteiger partial charge in [0.1, 0.15) is 17.9 Å². The van der Waals surface area contributed by atoms with Gasteiger partial charge < -0.3 is 46.5 Å². The lowest BCUT2D eigenvalue weighted by molar-refractivity contribution is -0.125. The molecule has 4 amide bonds. The molecule has 2 aromatic rings. The molecule has 0 aliphatic heterocycles. The van der Waals surface area contributed by atoms with Gasteiger partial charge in [0.05, 0.1) is 18.8 Å². The minimum Gasteiger partial charge on any atom is -0.497 e. The number of primary amides is 1. The Labute approximate surface area is 302 Å². The lowest BCUT2D eigenvalue weighted by atomic mass is 9.89. The van der Waals surface area contributed by atoms with Gasteiger partial charge in [-0.2, -0.15) is 0 Å². The highest BCUT2D eigenvalue weighted by atomic mass is 79.9. The second kappa shape index (κ2) is 19.3. The van der Waals surface area contributed by atoms with E-state index in [0.717, 1.165) is 15.6 Å². The lowest BCUT2D eigenvalue weighted by Crippen LogP contribution is -2.56. The average Bonchev–Trinajstić information content (AvgIpc) is 3.05. The van der Waals surface area contributed by atoms with Gasteiger partial charge in [-0.1, -0.05) is 18.2 Å². The number of thiocarbonyl (C=S) groups is 1. The van der Waals surface area contributed by atoms with Gasteiger partial charge in [-0.25, -0.2) is 9.59 Å². The molecule has 0 bridgehead atoms. The van der Waals surface area contributed by atoms with E-state index in [9.17, 15) is 19.2 Å². The maximum Gasteiger partial charge on any atom is 0.407 e. The van der Waals surface area contributed by atoms with Crippen LogP contribution in [-0.2, 0) is 25.5 Å². The number of benzene rings is 2. The molecule has 260 valence electrons. The maximum atomic E-state index is 13.7. The third-order valence-corrected chi connectivity index (χ3v) is 8.22. The molecule has 0 spiro atoms. The SMILES string of the molecule is COc1ccc(CC(NC(=O)C2=CC(NC(=S)Nc3ccc(C)cc3Br)C(OC(=O)NCCCl)C(OC(=O)NCCCl)C2)C(N)=O)cc1. The summed E-state index contributed by atoms with van der Waals surface area (Å²) in [6.07, 6.45) is -2.64. The highest BCUT2D eigenvalue weighted by molar-refractivity contribution is 9.10. The van der Waals surface area contributed by atoms with Crippen LogP contribution in [0.2, 0.25) is 0 Å². The molecule has 0 aromatic heterocycles. The number of amides is 4. The van der Waals surface area contributed by atoms with Crippen LogP contribution in [0.1, 0.15) is 17.5 Å². The van der Waals surface area contributed by atoms with Crippen LogP contribution in [0.3, 0.4) is 0 Å². The number of carbonyl (C=O) groups excluding carboxylic acids is 4. The normalized spacial score (nSPS) is 17.5. The van der Waals surface area contributed by atoms with E-state index in [1.807, 2.05) is 25.1 Å². The van der Waals surface area contributed by atoms with Crippen molar-refractivity contribution in [3.63, 3.8) is 0 Å². The minimum absolute atomic E-state index is 0.102. The predicted molar refractivity (Wildman–Crippen MR) is 191 cm³/mol. The van der Waals surface area contributed by atoms with Gasteiger partial charge >= 0.3 is 12.2 Å². The minimum atomic E-state index is -1.19. The van der Waals surface area contributed by atoms with Crippen LogP contribution in [-0.4, -0.2) is 85.4 Å². The Kier molecular flexibility index (Phi) is 15.5. The van der Waals surface area contributed by atoms with Gasteiger partial charge in [0.2, 0.25) is 11.8 Å². The smallest absolute Gasteiger partial charge is 0.407 e. The number of hydrogen-bond acceptors (Lipinski definition) is 8. The molecule has 0 fully saturated rings. The Balaban J connectivity index is 1.93. The number of halogens is 3. The van der Waals surface area contributed by atoms with Crippen molar-refractivity contribution in [3.05, 3.63) is 69.7 Å². The summed E-state index contributed by atoms with van der Waals surface area (Å²) >= 11 is 20.5. The second-order valence-corrected chi connectivity index (χ2v) is 12.5. The van der Waals surface area contributed by atoms with Crippen molar-refractivity contribution in [2.45, 2.75) is 44.1 Å². The van der Waals surface area contributed by atoms with E-state index in [2.05, 4.69) is 42.5 Å². The highest BCUT2D eigenvalue weighted by Crippen LogP contribution is 2.27. The van der Waals surface area contributed by atoms with Crippen LogP contribution < -0.4 is 37.1 Å². The number of rotatable bonds is 14. The number of ether oxygens (including phenoxy) is 3. The van der Waals surface area contributed by atoms with Gasteiger partial charge in [-0.3, -0.25) is 9.59 Å². The molecule has 17 heteroatoms. The molecule has 0 saturated heterocycles. The quantitative estimate of drug-likeness (QED) is 0.122. The van der Waals surface area contributed by atoms with E-state index >= 15 is 0 Å². The van der Waals surface area contributed by atoms with Crippen LogP contribution in [0.4, 0.5) is 15.3 Å². The van der Waals surface area contributed by atoms with E-state index in [4.69, 9.17) is 55.4 Å². The molecular weight excluding hydrogens is 751 g/mol. The third-order valence-electron chi connectivity index (χ3n) is 6.96. The van der Waals surface area contributed by atoms with Crippen molar-refractivity contribution in [3.8, 4) is 5.75 Å². The zero-order valence-electron chi connectivity index (χ0n) is 26.1. The Morgan fingerprint density at radius 3 is 2.25 bits per heavy atom. The summed E-state index contributed by atoms with van der Waals surface area (Å²) in [4.78, 5) is 51.5. The number of nitrogens with two attached hydrogens (primary N) is 1. The highest BCUT2D eigenvalue weighted by Gasteiger charge is 2.41. The Bertz CT molecular complexity index is 1500. The Morgan fingerprint density at radius 1 is 1.02 bits per heavy atom. The molecule has 0 heterocycles. The van der Waals surface area contributed by atoms with Crippen LogP contribution in [0.25, 0.3) is 0 Å². The Morgan fingerprint density at radius 2 is 1.67 bits per heavy atom.